The van der Waals surface area contributed by atoms with Crippen LogP contribution in [0.2, 0.25) is 0 Å². The van der Waals surface area contributed by atoms with E-state index in [0.29, 0.717) is 59.4 Å². The summed E-state index contributed by atoms with van der Waals surface area (Å²) in [6, 6.07) is 14.1. The van der Waals surface area contributed by atoms with E-state index in [0.717, 1.165) is 32.3 Å². The lowest BCUT2D eigenvalue weighted by molar-refractivity contribution is -0.186. The van der Waals surface area contributed by atoms with Gasteiger partial charge in [-0.1, -0.05) is 31.2 Å². The van der Waals surface area contributed by atoms with Crippen LogP contribution in [0.5, 0.6) is 23.0 Å². The van der Waals surface area contributed by atoms with E-state index in [2.05, 4.69) is 12.2 Å². The summed E-state index contributed by atoms with van der Waals surface area (Å²) in [4.78, 5) is 37.4. The van der Waals surface area contributed by atoms with Crippen LogP contribution in [-0.2, 0) is 40.9 Å². The van der Waals surface area contributed by atoms with Crippen LogP contribution in [0, 0.1) is 5.92 Å². The number of esters is 1. The summed E-state index contributed by atoms with van der Waals surface area (Å²) >= 11 is 4.76. The summed E-state index contributed by atoms with van der Waals surface area (Å²) in [5.41, 5.74) is 0.935. The summed E-state index contributed by atoms with van der Waals surface area (Å²) in [5, 5.41) is 23.0. The third-order valence-corrected chi connectivity index (χ3v) is 10.0. The molecular formula is C38H47NO11PS-. The van der Waals surface area contributed by atoms with Gasteiger partial charge in [-0.3, -0.25) is 4.79 Å². The fourth-order valence-corrected chi connectivity index (χ4v) is 7.84. The number of benzene rings is 3. The van der Waals surface area contributed by atoms with Crippen LogP contribution >= 0.6 is 6.49 Å². The van der Waals surface area contributed by atoms with Crippen molar-refractivity contribution in [1.82, 2.24) is 5.32 Å². The lowest BCUT2D eigenvalue weighted by Gasteiger charge is -2.36. The number of carbonyl (C=O) groups excluding carboxylic acids is 2. The van der Waals surface area contributed by atoms with Gasteiger partial charge in [-0.2, -0.15) is 0 Å². The minimum absolute atomic E-state index is 0.0118. The quantitative estimate of drug-likeness (QED) is 0.110. The van der Waals surface area contributed by atoms with Gasteiger partial charge >= 0.3 is 5.97 Å². The molecule has 0 saturated carbocycles. The van der Waals surface area contributed by atoms with Gasteiger partial charge in [0.1, 0.15) is 29.1 Å². The van der Waals surface area contributed by atoms with Crippen molar-refractivity contribution in [3.05, 3.63) is 82.4 Å². The fourth-order valence-electron chi connectivity index (χ4n) is 6.79. The zero-order valence-electron chi connectivity index (χ0n) is 30.1. The van der Waals surface area contributed by atoms with Crippen molar-refractivity contribution in [2.75, 3.05) is 40.1 Å². The third-order valence-electron chi connectivity index (χ3n) is 9.10. The molecule has 3 aromatic rings. The maximum absolute atomic E-state index is 13.2. The number of carbonyl (C=O) groups is 2. The molecule has 0 radical (unpaired) electrons. The van der Waals surface area contributed by atoms with E-state index >= 15 is 0 Å². The number of nitrogens with one attached hydrogen (secondary N) is 1. The predicted octanol–water partition coefficient (Wildman–Crippen LogP) is 5.73. The molecule has 52 heavy (non-hydrogen) atoms. The lowest BCUT2D eigenvalue weighted by atomic mass is 9.77. The maximum atomic E-state index is 13.2. The SMILES string of the molecule is CCOC[C@H]1O[C@@H](C)CC1OP(C)([O-])=S.COCC(C)CCCCNC(=O)c1ccc2c(c1)C(=O)OC21c2ccc(O)cc2Oc2cc(O)ccc21. The molecule has 0 bridgehead atoms. The second-order valence-electron chi connectivity index (χ2n) is 13.4. The zero-order valence-corrected chi connectivity index (χ0v) is 31.8. The van der Waals surface area contributed by atoms with Gasteiger partial charge in [0.15, 0.2) is 5.60 Å². The normalized spacial score (nSPS) is 21.0. The lowest BCUT2D eigenvalue weighted by Crippen LogP contribution is -2.33. The van der Waals surface area contributed by atoms with Crippen LogP contribution in [0.15, 0.2) is 54.6 Å². The highest BCUT2D eigenvalue weighted by Gasteiger charge is 2.53. The highest BCUT2D eigenvalue weighted by Crippen LogP contribution is 2.57. The Labute approximate surface area is 309 Å². The number of rotatable bonds is 13. The molecule has 3 heterocycles. The fraction of sp³-hybridized carbons (Fsp3) is 0.474. The number of unbranched alkanes of at least 4 members (excludes halogenated alkanes) is 1. The highest BCUT2D eigenvalue weighted by molar-refractivity contribution is 8.08. The van der Waals surface area contributed by atoms with Crippen molar-refractivity contribution < 1.29 is 52.9 Å². The van der Waals surface area contributed by atoms with E-state index in [9.17, 15) is 24.7 Å². The van der Waals surface area contributed by atoms with Crippen molar-refractivity contribution in [3.8, 4) is 23.0 Å². The first-order valence-electron chi connectivity index (χ1n) is 17.5. The minimum atomic E-state index is -2.86. The summed E-state index contributed by atoms with van der Waals surface area (Å²) in [6.07, 6.45) is 3.36. The molecule has 1 spiro atoms. The first-order chi connectivity index (χ1) is 24.7. The summed E-state index contributed by atoms with van der Waals surface area (Å²) < 4.78 is 33.4. The molecule has 3 aromatic carbocycles. The molecule has 0 aliphatic carbocycles. The molecule has 1 saturated heterocycles. The van der Waals surface area contributed by atoms with Gasteiger partial charge in [-0.15, -0.1) is 0 Å². The average molecular weight is 757 g/mol. The summed E-state index contributed by atoms with van der Waals surface area (Å²) in [6.45, 7) is 6.98. The number of fused-ring (bicyclic) bond motifs is 6. The molecule has 282 valence electrons. The molecule has 6 rings (SSSR count). The van der Waals surface area contributed by atoms with Gasteiger partial charge in [-0.05, 0) is 82.2 Å². The number of amides is 1. The first kappa shape index (κ1) is 39.7. The average Bonchev–Trinajstić information content (AvgIpc) is 3.57. The van der Waals surface area contributed by atoms with Crippen LogP contribution in [0.3, 0.4) is 0 Å². The zero-order chi connectivity index (χ0) is 37.6. The monoisotopic (exact) mass is 756 g/mol. The third kappa shape index (κ3) is 9.14. The number of phenols is 2. The smallest absolute Gasteiger partial charge is 0.340 e. The van der Waals surface area contributed by atoms with Crippen LogP contribution in [0.25, 0.3) is 0 Å². The van der Waals surface area contributed by atoms with Gasteiger partial charge < -0.3 is 48.6 Å². The molecule has 1 amide bonds. The number of aromatic hydroxyl groups is 2. The molecule has 12 nitrogen and oxygen atoms in total. The Bertz CT molecular complexity index is 1740. The van der Waals surface area contributed by atoms with Gasteiger partial charge in [0.2, 0.25) is 0 Å². The molecule has 0 aromatic heterocycles. The molecule has 3 aliphatic rings. The largest absolute Gasteiger partial charge is 0.801 e. The number of hydrogen-bond donors (Lipinski definition) is 3. The molecule has 3 N–H and O–H groups in total. The Morgan fingerprint density at radius 1 is 1.08 bits per heavy atom. The van der Waals surface area contributed by atoms with Crippen LogP contribution in [0.4, 0.5) is 0 Å². The maximum Gasteiger partial charge on any atom is 0.340 e. The first-order valence-corrected chi connectivity index (χ1v) is 20.5. The Hall–Kier alpha value is -3.55. The highest BCUT2D eigenvalue weighted by atomic mass is 32.5. The molecule has 5 atom stereocenters. The van der Waals surface area contributed by atoms with Crippen LogP contribution in [0.1, 0.15) is 83.9 Å². The van der Waals surface area contributed by atoms with Crippen molar-refractivity contribution in [2.45, 2.75) is 70.4 Å². The van der Waals surface area contributed by atoms with E-state index in [4.69, 9.17) is 40.0 Å². The Kier molecular flexibility index (Phi) is 13.0. The van der Waals surface area contributed by atoms with E-state index in [-0.39, 0.29) is 41.3 Å². The minimum Gasteiger partial charge on any atom is -0.801 e. The molecule has 3 unspecified atom stereocenters. The second-order valence-corrected chi connectivity index (χ2v) is 17.1. The van der Waals surface area contributed by atoms with Gasteiger partial charge in [0.05, 0.1) is 24.4 Å². The number of methoxy groups -OCH3 is 1. The van der Waals surface area contributed by atoms with Gasteiger partial charge in [-0.25, -0.2) is 4.79 Å². The standard InChI is InChI=1S/C29H29NO7.C9H19O4PS/c1-17(16-35-2)5-3-4-12-30-27(33)18-6-9-22-21(13-18)28(34)37-29(22)23-10-7-19(31)14-25(23)36-26-15-20(32)8-11-24(26)29;1-4-11-6-9-8(5-7(2)12-9)13-14(3,10)15/h6-11,13-15,17,31-32H,3-5,12,16H2,1-2H3,(H,30,33);7-9H,4-6H2,1-3H3,(H,10,15)/p-1/t;7-,8?,9+,14?/m.0/s1. The number of phenolic OH excluding ortho intramolecular Hbond substituents is 2. The van der Waals surface area contributed by atoms with Gasteiger partial charge in [0, 0.05) is 67.7 Å². The summed E-state index contributed by atoms with van der Waals surface area (Å²) in [7, 11) is 1.69. The Morgan fingerprint density at radius 2 is 1.73 bits per heavy atom. The van der Waals surface area contributed by atoms with Crippen molar-refractivity contribution in [3.63, 3.8) is 0 Å². The Morgan fingerprint density at radius 3 is 2.35 bits per heavy atom. The van der Waals surface area contributed by atoms with Crippen molar-refractivity contribution in [2.24, 2.45) is 5.92 Å². The Balaban J connectivity index is 0.000000293. The second kappa shape index (κ2) is 17.1. The van der Waals surface area contributed by atoms with E-state index in [1.54, 1.807) is 37.4 Å². The van der Waals surface area contributed by atoms with E-state index < -0.39 is 18.1 Å². The van der Waals surface area contributed by atoms with Crippen LogP contribution < -0.4 is 14.9 Å². The number of hydrogen-bond acceptors (Lipinski definition) is 12. The van der Waals surface area contributed by atoms with Crippen LogP contribution in [-0.4, -0.2) is 80.5 Å². The van der Waals surface area contributed by atoms with Crippen molar-refractivity contribution in [1.29, 1.82) is 0 Å². The molecule has 3 aliphatic heterocycles. The molecule has 1 fully saturated rings. The van der Waals surface area contributed by atoms with E-state index in [1.165, 1.54) is 30.9 Å². The summed E-state index contributed by atoms with van der Waals surface area (Å²) in [5.74, 6) is 0.232. The molecular weight excluding hydrogens is 709 g/mol. The van der Waals surface area contributed by atoms with Gasteiger partial charge in [0.25, 0.3) is 5.91 Å². The predicted molar refractivity (Wildman–Crippen MR) is 196 cm³/mol. The van der Waals surface area contributed by atoms with Crippen molar-refractivity contribution >= 4 is 30.2 Å². The topological polar surface area (TPSA) is 165 Å². The number of ether oxygens (including phenoxy) is 5. The molecule has 14 heteroatoms. The van der Waals surface area contributed by atoms with E-state index in [1.807, 2.05) is 13.8 Å².